The highest BCUT2D eigenvalue weighted by Crippen LogP contribution is 2.22. The van der Waals surface area contributed by atoms with Crippen LogP contribution in [-0.2, 0) is 0 Å². The Morgan fingerprint density at radius 2 is 1.84 bits per heavy atom. The van der Waals surface area contributed by atoms with Crippen LogP contribution in [0.2, 0.25) is 0 Å². The van der Waals surface area contributed by atoms with Crippen LogP contribution in [0.25, 0.3) is 11.0 Å². The predicted molar refractivity (Wildman–Crippen MR) is 94.1 cm³/mol. The SMILES string of the molecule is O=c1cc(N(CCI)CCI)oc2cc(O)ccc12. The highest BCUT2D eigenvalue weighted by atomic mass is 127. The minimum Gasteiger partial charge on any atom is -0.508 e. The summed E-state index contributed by atoms with van der Waals surface area (Å²) in [5.41, 5.74) is 0.345. The van der Waals surface area contributed by atoms with Gasteiger partial charge in [-0.25, -0.2) is 0 Å². The van der Waals surface area contributed by atoms with E-state index in [0.717, 1.165) is 21.9 Å². The van der Waals surface area contributed by atoms with E-state index in [1.54, 1.807) is 6.07 Å². The Bertz CT molecular complexity index is 621. The third-order valence-corrected chi connectivity index (χ3v) is 3.69. The number of fused-ring (bicyclic) bond motifs is 1. The third-order valence-electron chi connectivity index (χ3n) is 2.72. The van der Waals surface area contributed by atoms with Gasteiger partial charge in [0, 0.05) is 34.1 Å². The first-order chi connectivity index (χ1) is 9.15. The van der Waals surface area contributed by atoms with Crippen molar-refractivity contribution in [2.45, 2.75) is 0 Å². The zero-order valence-electron chi connectivity index (χ0n) is 10.1. The van der Waals surface area contributed by atoms with Crippen LogP contribution in [0.1, 0.15) is 0 Å². The number of halogens is 2. The van der Waals surface area contributed by atoms with Gasteiger partial charge < -0.3 is 14.4 Å². The lowest BCUT2D eigenvalue weighted by atomic mass is 10.2. The molecule has 2 aromatic rings. The second-order valence-electron chi connectivity index (χ2n) is 3.99. The van der Waals surface area contributed by atoms with Gasteiger partial charge in [0.2, 0.25) is 0 Å². The molecule has 0 saturated heterocycles. The largest absolute Gasteiger partial charge is 0.508 e. The molecule has 0 radical (unpaired) electrons. The molecule has 1 aromatic heterocycles. The quantitative estimate of drug-likeness (QED) is 0.523. The molecule has 0 aliphatic carbocycles. The summed E-state index contributed by atoms with van der Waals surface area (Å²) in [6.45, 7) is 1.66. The van der Waals surface area contributed by atoms with Crippen molar-refractivity contribution in [3.63, 3.8) is 0 Å². The molecule has 1 aromatic carbocycles. The number of nitrogens with zero attached hydrogens (tertiary/aromatic N) is 1. The van der Waals surface area contributed by atoms with Crippen LogP contribution in [0, 0.1) is 0 Å². The molecule has 1 heterocycles. The van der Waals surface area contributed by atoms with Crippen LogP contribution in [-0.4, -0.2) is 27.1 Å². The maximum Gasteiger partial charge on any atom is 0.200 e. The fraction of sp³-hybridized carbons (Fsp3) is 0.308. The molecule has 0 atom stereocenters. The average molecular weight is 485 g/mol. The molecule has 0 spiro atoms. The van der Waals surface area contributed by atoms with E-state index in [4.69, 9.17) is 4.42 Å². The lowest BCUT2D eigenvalue weighted by Crippen LogP contribution is -2.28. The lowest BCUT2D eigenvalue weighted by Gasteiger charge is -2.21. The Hall–Kier alpha value is -0.510. The summed E-state index contributed by atoms with van der Waals surface area (Å²) >= 11 is 4.59. The molecule has 0 amide bonds. The van der Waals surface area contributed by atoms with Crippen LogP contribution in [0.5, 0.6) is 5.75 Å². The van der Waals surface area contributed by atoms with E-state index in [0.29, 0.717) is 16.9 Å². The maximum atomic E-state index is 12.1. The van der Waals surface area contributed by atoms with E-state index in [1.807, 2.05) is 4.90 Å². The molecule has 19 heavy (non-hydrogen) atoms. The number of anilines is 1. The normalized spacial score (nSPS) is 10.8. The first-order valence-electron chi connectivity index (χ1n) is 5.79. The van der Waals surface area contributed by atoms with Crippen LogP contribution >= 0.6 is 45.2 Å². The van der Waals surface area contributed by atoms with Crippen molar-refractivity contribution in [2.24, 2.45) is 0 Å². The van der Waals surface area contributed by atoms with E-state index < -0.39 is 0 Å². The summed E-state index contributed by atoms with van der Waals surface area (Å²) in [4.78, 5) is 14.1. The zero-order valence-corrected chi connectivity index (χ0v) is 14.4. The first-order valence-corrected chi connectivity index (χ1v) is 8.84. The molecule has 0 bridgehead atoms. The Kier molecular flexibility index (Phi) is 5.31. The monoisotopic (exact) mass is 485 g/mol. The van der Waals surface area contributed by atoms with Gasteiger partial charge in [-0.15, -0.1) is 0 Å². The van der Waals surface area contributed by atoms with Gasteiger partial charge in [-0.2, -0.15) is 0 Å². The zero-order chi connectivity index (χ0) is 13.8. The van der Waals surface area contributed by atoms with Crippen molar-refractivity contribution >= 4 is 62.0 Å². The van der Waals surface area contributed by atoms with Crippen molar-refractivity contribution < 1.29 is 9.52 Å². The number of phenolic OH excluding ortho intramolecular Hbond substituents is 1. The van der Waals surface area contributed by atoms with Gasteiger partial charge in [-0.3, -0.25) is 4.79 Å². The van der Waals surface area contributed by atoms with Gasteiger partial charge in [0.25, 0.3) is 0 Å². The van der Waals surface area contributed by atoms with Crippen molar-refractivity contribution in [1.29, 1.82) is 0 Å². The molecule has 0 fully saturated rings. The molecule has 6 heteroatoms. The molecular weight excluding hydrogens is 472 g/mol. The van der Waals surface area contributed by atoms with Gasteiger partial charge >= 0.3 is 0 Å². The lowest BCUT2D eigenvalue weighted by molar-refractivity contribution is 0.474. The van der Waals surface area contributed by atoms with E-state index in [1.165, 1.54) is 18.2 Å². The third kappa shape index (κ3) is 3.53. The number of aromatic hydroxyl groups is 1. The van der Waals surface area contributed by atoms with Crippen molar-refractivity contribution in [3.8, 4) is 5.75 Å². The predicted octanol–water partition coefficient (Wildman–Crippen LogP) is 3.18. The minimum atomic E-state index is -0.0804. The van der Waals surface area contributed by atoms with Crippen LogP contribution < -0.4 is 10.3 Å². The first kappa shape index (κ1) is 14.9. The Morgan fingerprint density at radius 1 is 1.16 bits per heavy atom. The van der Waals surface area contributed by atoms with E-state index in [9.17, 15) is 9.90 Å². The Morgan fingerprint density at radius 3 is 2.47 bits per heavy atom. The van der Waals surface area contributed by atoms with E-state index in [2.05, 4.69) is 45.2 Å². The van der Waals surface area contributed by atoms with Crippen LogP contribution in [0.4, 0.5) is 5.88 Å². The van der Waals surface area contributed by atoms with E-state index >= 15 is 0 Å². The van der Waals surface area contributed by atoms with Gasteiger partial charge in [0.15, 0.2) is 11.3 Å². The maximum absolute atomic E-state index is 12.1. The van der Waals surface area contributed by atoms with Crippen molar-refractivity contribution in [2.75, 3.05) is 26.8 Å². The summed E-state index contributed by atoms with van der Waals surface area (Å²) in [6, 6.07) is 6.08. The Balaban J connectivity index is 2.51. The van der Waals surface area contributed by atoms with Crippen LogP contribution in [0.3, 0.4) is 0 Å². The molecule has 0 aliphatic rings. The van der Waals surface area contributed by atoms with Gasteiger partial charge in [0.05, 0.1) is 5.39 Å². The molecule has 4 nitrogen and oxygen atoms in total. The molecule has 1 N–H and O–H groups in total. The summed E-state index contributed by atoms with van der Waals surface area (Å²) in [6.07, 6.45) is 0. The molecule has 0 saturated carbocycles. The molecular formula is C13H13I2NO3. The molecule has 2 rings (SSSR count). The van der Waals surface area contributed by atoms with Crippen LogP contribution in [0.15, 0.2) is 33.5 Å². The number of alkyl halides is 2. The number of hydrogen-bond donors (Lipinski definition) is 1. The standard InChI is InChI=1S/C13H13I2NO3/c14-3-5-16(6-4-15)13-8-11(18)10-2-1-9(17)7-12(10)19-13/h1-2,7-8,17H,3-6H2. The minimum absolute atomic E-state index is 0.0804. The van der Waals surface area contributed by atoms with Gasteiger partial charge in [-0.05, 0) is 12.1 Å². The summed E-state index contributed by atoms with van der Waals surface area (Å²) in [5, 5.41) is 9.97. The summed E-state index contributed by atoms with van der Waals surface area (Å²) < 4.78 is 7.66. The fourth-order valence-electron chi connectivity index (χ4n) is 1.82. The number of phenols is 1. The van der Waals surface area contributed by atoms with Gasteiger partial charge in [-0.1, -0.05) is 45.2 Å². The molecule has 0 unspecified atom stereocenters. The Labute approximate surface area is 138 Å². The highest BCUT2D eigenvalue weighted by molar-refractivity contribution is 14.1. The molecule has 102 valence electrons. The van der Waals surface area contributed by atoms with Crippen molar-refractivity contribution in [1.82, 2.24) is 0 Å². The number of hydrogen-bond acceptors (Lipinski definition) is 4. The van der Waals surface area contributed by atoms with Crippen molar-refractivity contribution in [3.05, 3.63) is 34.5 Å². The molecule has 0 aliphatic heterocycles. The highest BCUT2D eigenvalue weighted by Gasteiger charge is 2.11. The van der Waals surface area contributed by atoms with Gasteiger partial charge in [0.1, 0.15) is 11.3 Å². The fourth-order valence-corrected chi connectivity index (χ4v) is 2.99. The summed E-state index contributed by atoms with van der Waals surface area (Å²) in [7, 11) is 0. The smallest absolute Gasteiger partial charge is 0.200 e. The second kappa shape index (κ2) is 6.78. The average Bonchev–Trinajstić information content (AvgIpc) is 2.37. The summed E-state index contributed by atoms with van der Waals surface area (Å²) in [5.74, 6) is 0.665. The number of rotatable bonds is 5. The second-order valence-corrected chi connectivity index (χ2v) is 6.15. The van der Waals surface area contributed by atoms with E-state index in [-0.39, 0.29) is 11.2 Å². The number of benzene rings is 1. The topological polar surface area (TPSA) is 53.7 Å².